The maximum absolute atomic E-state index is 12.9. The molecule has 1 aliphatic rings. The highest BCUT2D eigenvalue weighted by Crippen LogP contribution is 2.21. The zero-order chi connectivity index (χ0) is 16.8. The quantitative estimate of drug-likeness (QED) is 0.819. The van der Waals surface area contributed by atoms with Crippen LogP contribution in [0.25, 0.3) is 6.08 Å². The molecule has 0 bridgehead atoms. The van der Waals surface area contributed by atoms with Gasteiger partial charge >= 0.3 is 6.09 Å². The van der Waals surface area contributed by atoms with Gasteiger partial charge in [0.25, 0.3) is 0 Å². The second-order valence-corrected chi connectivity index (χ2v) is 5.85. The first-order chi connectivity index (χ1) is 11.7. The number of halogens is 1. The van der Waals surface area contributed by atoms with Gasteiger partial charge in [0.2, 0.25) is 0 Å². The third kappa shape index (κ3) is 4.22. The summed E-state index contributed by atoms with van der Waals surface area (Å²) in [5.41, 5.74) is 1.89. The Morgan fingerprint density at radius 3 is 2.67 bits per heavy atom. The first kappa shape index (κ1) is 16.2. The molecule has 124 valence electrons. The summed E-state index contributed by atoms with van der Waals surface area (Å²) < 4.78 is 18.3. The number of benzene rings is 2. The van der Waals surface area contributed by atoms with Crippen molar-refractivity contribution < 1.29 is 13.9 Å². The van der Waals surface area contributed by atoms with Gasteiger partial charge in [-0.15, -0.1) is 0 Å². The highest BCUT2D eigenvalue weighted by atomic mass is 19.1. The molecule has 1 saturated heterocycles. The van der Waals surface area contributed by atoms with E-state index in [0.717, 1.165) is 24.0 Å². The van der Waals surface area contributed by atoms with Gasteiger partial charge in [0.1, 0.15) is 12.4 Å². The molecule has 1 heterocycles. The van der Waals surface area contributed by atoms with Crippen molar-refractivity contribution in [3.8, 4) is 0 Å². The maximum atomic E-state index is 12.9. The molecule has 1 atom stereocenters. The third-order valence-electron chi connectivity index (χ3n) is 4.12. The van der Waals surface area contributed by atoms with E-state index in [1.54, 1.807) is 17.0 Å². The molecule has 3 nitrogen and oxygen atoms in total. The van der Waals surface area contributed by atoms with Gasteiger partial charge in [-0.25, -0.2) is 9.18 Å². The molecule has 1 aliphatic heterocycles. The van der Waals surface area contributed by atoms with Crippen LogP contribution in [0.1, 0.15) is 24.0 Å². The summed E-state index contributed by atoms with van der Waals surface area (Å²) in [4.78, 5) is 14.1. The van der Waals surface area contributed by atoms with Crippen molar-refractivity contribution in [1.29, 1.82) is 0 Å². The fraction of sp³-hybridized carbons (Fsp3) is 0.250. The summed E-state index contributed by atoms with van der Waals surface area (Å²) in [7, 11) is 0. The lowest BCUT2D eigenvalue weighted by Crippen LogP contribution is -2.34. The summed E-state index contributed by atoms with van der Waals surface area (Å²) in [5.74, 6) is -0.251. The lowest BCUT2D eigenvalue weighted by Gasteiger charge is -2.21. The van der Waals surface area contributed by atoms with Gasteiger partial charge in [0.05, 0.1) is 6.04 Å². The van der Waals surface area contributed by atoms with Crippen molar-refractivity contribution in [2.75, 3.05) is 6.54 Å². The lowest BCUT2D eigenvalue weighted by atomic mass is 10.1. The molecule has 4 heteroatoms. The van der Waals surface area contributed by atoms with E-state index in [-0.39, 0.29) is 24.6 Å². The predicted molar refractivity (Wildman–Crippen MR) is 91.8 cm³/mol. The fourth-order valence-electron chi connectivity index (χ4n) is 2.82. The number of amides is 1. The number of carbonyl (C=O) groups is 1. The van der Waals surface area contributed by atoms with Gasteiger partial charge in [-0.3, -0.25) is 0 Å². The molecule has 0 aliphatic carbocycles. The summed E-state index contributed by atoms with van der Waals surface area (Å²) >= 11 is 0. The van der Waals surface area contributed by atoms with Gasteiger partial charge in [-0.05, 0) is 36.1 Å². The van der Waals surface area contributed by atoms with Crippen molar-refractivity contribution >= 4 is 12.2 Å². The molecule has 2 aromatic rings. The second-order valence-electron chi connectivity index (χ2n) is 5.85. The minimum Gasteiger partial charge on any atom is -0.445 e. The minimum atomic E-state index is -0.287. The van der Waals surface area contributed by atoms with Crippen molar-refractivity contribution in [2.45, 2.75) is 25.5 Å². The monoisotopic (exact) mass is 325 g/mol. The number of hydrogen-bond acceptors (Lipinski definition) is 2. The normalized spacial score (nSPS) is 17.4. The molecule has 0 N–H and O–H groups in total. The number of rotatable bonds is 4. The molecule has 0 aromatic heterocycles. The van der Waals surface area contributed by atoms with Gasteiger partial charge in [0.15, 0.2) is 0 Å². The Balaban J connectivity index is 1.58. The molecule has 1 fully saturated rings. The molecule has 0 spiro atoms. The molecule has 24 heavy (non-hydrogen) atoms. The Morgan fingerprint density at radius 1 is 1.17 bits per heavy atom. The van der Waals surface area contributed by atoms with E-state index in [9.17, 15) is 9.18 Å². The smallest absolute Gasteiger partial charge is 0.410 e. The number of carbonyl (C=O) groups excluding carboxylic acids is 1. The number of ether oxygens (including phenoxy) is 1. The Hall–Kier alpha value is -2.62. The van der Waals surface area contributed by atoms with E-state index < -0.39 is 0 Å². The lowest BCUT2D eigenvalue weighted by molar-refractivity contribution is 0.0976. The van der Waals surface area contributed by atoms with Crippen LogP contribution in [0.3, 0.4) is 0 Å². The molecule has 2 aromatic carbocycles. The van der Waals surface area contributed by atoms with Gasteiger partial charge in [-0.2, -0.15) is 0 Å². The van der Waals surface area contributed by atoms with Gasteiger partial charge in [-0.1, -0.05) is 54.6 Å². The summed E-state index contributed by atoms with van der Waals surface area (Å²) in [5, 5.41) is 0. The Bertz CT molecular complexity index is 697. The predicted octanol–water partition coefficient (Wildman–Crippen LogP) is 4.64. The van der Waals surface area contributed by atoms with E-state index in [1.807, 2.05) is 42.5 Å². The Labute approximate surface area is 141 Å². The van der Waals surface area contributed by atoms with Gasteiger partial charge in [0, 0.05) is 6.54 Å². The standard InChI is InChI=1S/C20H20FNO2/c21-18-11-8-16(9-12-18)10-13-19-7-4-14-22(19)20(23)24-15-17-5-2-1-3-6-17/h1-3,5-6,8-13,19H,4,7,14-15H2. The molecular formula is C20H20FNO2. The zero-order valence-electron chi connectivity index (χ0n) is 13.4. The van der Waals surface area contributed by atoms with E-state index in [0.29, 0.717) is 6.54 Å². The Kier molecular flexibility index (Phi) is 5.26. The second kappa shape index (κ2) is 7.77. The first-order valence-electron chi connectivity index (χ1n) is 8.13. The fourth-order valence-corrected chi connectivity index (χ4v) is 2.82. The van der Waals surface area contributed by atoms with Crippen LogP contribution in [-0.4, -0.2) is 23.6 Å². The number of likely N-dealkylation sites (tertiary alicyclic amines) is 1. The van der Waals surface area contributed by atoms with Crippen LogP contribution >= 0.6 is 0 Å². The zero-order valence-corrected chi connectivity index (χ0v) is 13.4. The van der Waals surface area contributed by atoms with E-state index in [2.05, 4.69) is 0 Å². The van der Waals surface area contributed by atoms with Crippen LogP contribution in [0.4, 0.5) is 9.18 Å². The van der Waals surface area contributed by atoms with E-state index >= 15 is 0 Å². The molecule has 0 radical (unpaired) electrons. The van der Waals surface area contributed by atoms with Crippen molar-refractivity contribution in [2.24, 2.45) is 0 Å². The molecule has 0 saturated carbocycles. The average Bonchev–Trinajstić information content (AvgIpc) is 3.09. The first-order valence-corrected chi connectivity index (χ1v) is 8.13. The van der Waals surface area contributed by atoms with Crippen molar-refractivity contribution in [3.05, 3.63) is 77.6 Å². The molecule has 1 amide bonds. The van der Waals surface area contributed by atoms with Crippen LogP contribution in [-0.2, 0) is 11.3 Å². The summed E-state index contributed by atoms with van der Waals surface area (Å²) in [6, 6.07) is 16.0. The van der Waals surface area contributed by atoms with Crippen LogP contribution in [0.15, 0.2) is 60.7 Å². The molecule has 1 unspecified atom stereocenters. The van der Waals surface area contributed by atoms with Crippen LogP contribution in [0, 0.1) is 5.82 Å². The highest BCUT2D eigenvalue weighted by Gasteiger charge is 2.27. The highest BCUT2D eigenvalue weighted by molar-refractivity contribution is 5.69. The average molecular weight is 325 g/mol. The van der Waals surface area contributed by atoms with E-state index in [1.165, 1.54) is 12.1 Å². The molecular weight excluding hydrogens is 305 g/mol. The largest absolute Gasteiger partial charge is 0.445 e. The molecule has 3 rings (SSSR count). The number of nitrogens with zero attached hydrogens (tertiary/aromatic N) is 1. The van der Waals surface area contributed by atoms with Crippen LogP contribution < -0.4 is 0 Å². The minimum absolute atomic E-state index is 0.0262. The SMILES string of the molecule is O=C(OCc1ccccc1)N1CCCC1C=Cc1ccc(F)cc1. The summed E-state index contributed by atoms with van der Waals surface area (Å²) in [6.07, 6.45) is 5.50. The number of hydrogen-bond donors (Lipinski definition) is 0. The third-order valence-corrected chi connectivity index (χ3v) is 4.12. The maximum Gasteiger partial charge on any atom is 0.410 e. The topological polar surface area (TPSA) is 29.5 Å². The van der Waals surface area contributed by atoms with Crippen molar-refractivity contribution in [3.63, 3.8) is 0 Å². The van der Waals surface area contributed by atoms with Crippen LogP contribution in [0.5, 0.6) is 0 Å². The van der Waals surface area contributed by atoms with Crippen molar-refractivity contribution in [1.82, 2.24) is 4.90 Å². The summed E-state index contributed by atoms with van der Waals surface area (Å²) in [6.45, 7) is 0.983. The van der Waals surface area contributed by atoms with Crippen LogP contribution in [0.2, 0.25) is 0 Å². The Morgan fingerprint density at radius 2 is 1.92 bits per heavy atom. The van der Waals surface area contributed by atoms with Gasteiger partial charge < -0.3 is 9.64 Å². The van der Waals surface area contributed by atoms with E-state index in [4.69, 9.17) is 4.74 Å².